The summed E-state index contributed by atoms with van der Waals surface area (Å²) in [6.45, 7) is -0.432. The number of sulfonamides is 1. The van der Waals surface area contributed by atoms with Crippen LogP contribution in [0.25, 0.3) is 0 Å². The molecule has 0 bridgehead atoms. The van der Waals surface area contributed by atoms with Crippen LogP contribution in [-0.4, -0.2) is 34.0 Å². The number of esters is 1. The van der Waals surface area contributed by atoms with E-state index in [1.165, 1.54) is 24.3 Å². The van der Waals surface area contributed by atoms with Crippen molar-refractivity contribution in [2.24, 2.45) is 5.14 Å². The summed E-state index contributed by atoms with van der Waals surface area (Å²) in [7, 11) is -2.22. The van der Waals surface area contributed by atoms with E-state index in [1.807, 2.05) is 12.1 Å². The van der Waals surface area contributed by atoms with Crippen molar-refractivity contribution in [2.45, 2.75) is 17.7 Å². The molecule has 0 aliphatic rings. The number of nitrogens with two attached hydrogens (primary N) is 1. The Balaban J connectivity index is 1.75. The summed E-state index contributed by atoms with van der Waals surface area (Å²) in [6.07, 6.45) is 0.627. The molecule has 0 fully saturated rings. The molecule has 0 atom stereocenters. The minimum atomic E-state index is -3.79. The van der Waals surface area contributed by atoms with Crippen LogP contribution >= 0.6 is 0 Å². The number of rotatable bonds is 8. The fraction of sp³-hybridized carbons (Fsp3) is 0.222. The minimum absolute atomic E-state index is 0.0644. The third-order valence-corrected chi connectivity index (χ3v) is 4.54. The van der Waals surface area contributed by atoms with Crippen LogP contribution in [0.4, 0.5) is 5.69 Å². The third kappa shape index (κ3) is 6.72. The van der Waals surface area contributed by atoms with Crippen LogP contribution in [-0.2, 0) is 30.8 Å². The monoisotopic (exact) mass is 392 g/mol. The molecule has 0 spiro atoms. The molecular weight excluding hydrogens is 372 g/mol. The largest absolute Gasteiger partial charge is 0.497 e. The number of ether oxygens (including phenoxy) is 2. The Kier molecular flexibility index (Phi) is 6.91. The third-order valence-electron chi connectivity index (χ3n) is 3.61. The van der Waals surface area contributed by atoms with E-state index in [0.29, 0.717) is 12.1 Å². The normalized spacial score (nSPS) is 10.9. The average Bonchev–Trinajstić information content (AvgIpc) is 2.65. The molecule has 0 unspecified atom stereocenters. The quantitative estimate of drug-likeness (QED) is 0.655. The molecular formula is C18H20N2O6S. The van der Waals surface area contributed by atoms with E-state index in [-0.39, 0.29) is 11.3 Å². The second-order valence-corrected chi connectivity index (χ2v) is 7.19. The molecule has 0 aliphatic carbocycles. The van der Waals surface area contributed by atoms with Gasteiger partial charge in [-0.25, -0.2) is 13.6 Å². The number of anilines is 1. The molecule has 144 valence electrons. The van der Waals surface area contributed by atoms with Gasteiger partial charge in [0.25, 0.3) is 5.91 Å². The maximum absolute atomic E-state index is 11.8. The number of aryl methyl sites for hydroxylation is 1. The van der Waals surface area contributed by atoms with E-state index < -0.39 is 28.5 Å². The van der Waals surface area contributed by atoms with E-state index in [0.717, 1.165) is 11.3 Å². The van der Waals surface area contributed by atoms with Crippen molar-refractivity contribution in [3.8, 4) is 5.75 Å². The van der Waals surface area contributed by atoms with Gasteiger partial charge in [0, 0.05) is 12.1 Å². The summed E-state index contributed by atoms with van der Waals surface area (Å²) in [4.78, 5) is 23.5. The Morgan fingerprint density at radius 2 is 1.67 bits per heavy atom. The molecule has 2 aromatic carbocycles. The van der Waals surface area contributed by atoms with Crippen LogP contribution in [0.15, 0.2) is 53.4 Å². The lowest BCUT2D eigenvalue weighted by molar-refractivity contribution is -0.147. The number of benzene rings is 2. The number of hydrogen-bond acceptors (Lipinski definition) is 6. The SMILES string of the molecule is COc1ccc(CCC(=O)OCC(=O)Nc2ccc(S(N)(=O)=O)cc2)cc1. The van der Waals surface area contributed by atoms with Gasteiger partial charge in [-0.3, -0.25) is 9.59 Å². The van der Waals surface area contributed by atoms with Gasteiger partial charge in [-0.05, 0) is 48.4 Å². The van der Waals surface area contributed by atoms with Crippen LogP contribution in [0, 0.1) is 0 Å². The predicted molar refractivity (Wildman–Crippen MR) is 98.7 cm³/mol. The van der Waals surface area contributed by atoms with Crippen molar-refractivity contribution in [3.05, 3.63) is 54.1 Å². The van der Waals surface area contributed by atoms with Crippen molar-refractivity contribution >= 4 is 27.6 Å². The second kappa shape index (κ2) is 9.15. The highest BCUT2D eigenvalue weighted by molar-refractivity contribution is 7.89. The molecule has 3 N–H and O–H groups in total. The lowest BCUT2D eigenvalue weighted by Crippen LogP contribution is -2.21. The first-order valence-electron chi connectivity index (χ1n) is 7.99. The first-order valence-corrected chi connectivity index (χ1v) is 9.54. The van der Waals surface area contributed by atoms with Crippen molar-refractivity contribution < 1.29 is 27.5 Å². The molecule has 27 heavy (non-hydrogen) atoms. The Morgan fingerprint density at radius 1 is 1.04 bits per heavy atom. The molecule has 0 aromatic heterocycles. The number of carbonyl (C=O) groups excluding carboxylic acids is 2. The van der Waals surface area contributed by atoms with Crippen molar-refractivity contribution in [2.75, 3.05) is 19.0 Å². The Bertz CT molecular complexity index is 892. The summed E-state index contributed by atoms with van der Waals surface area (Å²) in [5, 5.41) is 7.49. The maximum atomic E-state index is 11.8. The number of nitrogens with one attached hydrogen (secondary N) is 1. The molecule has 2 rings (SSSR count). The van der Waals surface area contributed by atoms with Gasteiger partial charge in [0.15, 0.2) is 6.61 Å². The zero-order valence-corrected chi connectivity index (χ0v) is 15.5. The summed E-state index contributed by atoms with van der Waals surface area (Å²) in [5.41, 5.74) is 1.31. The first kappa shape index (κ1) is 20.4. The van der Waals surface area contributed by atoms with Gasteiger partial charge in [0.1, 0.15) is 5.75 Å². The topological polar surface area (TPSA) is 125 Å². The van der Waals surface area contributed by atoms with Crippen LogP contribution in [0.5, 0.6) is 5.75 Å². The fourth-order valence-corrected chi connectivity index (χ4v) is 2.70. The zero-order chi connectivity index (χ0) is 19.9. The van der Waals surface area contributed by atoms with Crippen molar-refractivity contribution in [1.82, 2.24) is 0 Å². The molecule has 2 aromatic rings. The number of methoxy groups -OCH3 is 1. The molecule has 0 radical (unpaired) electrons. The van der Waals surface area contributed by atoms with Crippen LogP contribution in [0.2, 0.25) is 0 Å². The number of hydrogen-bond donors (Lipinski definition) is 2. The van der Waals surface area contributed by atoms with E-state index in [4.69, 9.17) is 14.6 Å². The Hall–Kier alpha value is -2.91. The molecule has 0 saturated carbocycles. The second-order valence-electron chi connectivity index (χ2n) is 5.63. The highest BCUT2D eigenvalue weighted by atomic mass is 32.2. The molecule has 9 heteroatoms. The van der Waals surface area contributed by atoms with Crippen LogP contribution < -0.4 is 15.2 Å². The van der Waals surface area contributed by atoms with Crippen LogP contribution in [0.1, 0.15) is 12.0 Å². The van der Waals surface area contributed by atoms with Crippen molar-refractivity contribution in [1.29, 1.82) is 0 Å². The Morgan fingerprint density at radius 3 is 2.22 bits per heavy atom. The van der Waals surface area contributed by atoms with Gasteiger partial charge in [0.2, 0.25) is 10.0 Å². The maximum Gasteiger partial charge on any atom is 0.306 e. The lowest BCUT2D eigenvalue weighted by Gasteiger charge is -2.07. The van der Waals surface area contributed by atoms with Crippen LogP contribution in [0.3, 0.4) is 0 Å². The van der Waals surface area contributed by atoms with Gasteiger partial charge in [-0.2, -0.15) is 0 Å². The van der Waals surface area contributed by atoms with E-state index in [1.54, 1.807) is 19.2 Å². The van der Waals surface area contributed by atoms with Gasteiger partial charge < -0.3 is 14.8 Å². The molecule has 8 nitrogen and oxygen atoms in total. The van der Waals surface area contributed by atoms with Gasteiger partial charge in [-0.1, -0.05) is 12.1 Å². The molecule has 0 heterocycles. The molecule has 1 amide bonds. The summed E-state index contributed by atoms with van der Waals surface area (Å²) >= 11 is 0. The summed E-state index contributed by atoms with van der Waals surface area (Å²) in [5.74, 6) is -0.295. The number of amides is 1. The molecule has 0 saturated heterocycles. The molecule has 0 aliphatic heterocycles. The fourth-order valence-electron chi connectivity index (χ4n) is 2.18. The van der Waals surface area contributed by atoms with E-state index in [2.05, 4.69) is 5.32 Å². The lowest BCUT2D eigenvalue weighted by atomic mass is 10.1. The first-order chi connectivity index (χ1) is 12.8. The highest BCUT2D eigenvalue weighted by Crippen LogP contribution is 2.14. The van der Waals surface area contributed by atoms with Gasteiger partial charge in [-0.15, -0.1) is 0 Å². The van der Waals surface area contributed by atoms with Crippen molar-refractivity contribution in [3.63, 3.8) is 0 Å². The minimum Gasteiger partial charge on any atom is -0.497 e. The number of primary sulfonamides is 1. The van der Waals surface area contributed by atoms with Gasteiger partial charge >= 0.3 is 5.97 Å². The summed E-state index contributed by atoms with van der Waals surface area (Å²) in [6, 6.07) is 12.6. The number of carbonyl (C=O) groups is 2. The highest BCUT2D eigenvalue weighted by Gasteiger charge is 2.10. The average molecular weight is 392 g/mol. The smallest absolute Gasteiger partial charge is 0.306 e. The summed E-state index contributed by atoms with van der Waals surface area (Å²) < 4.78 is 32.3. The zero-order valence-electron chi connectivity index (χ0n) is 14.7. The Labute approximate surface area is 157 Å². The van der Waals surface area contributed by atoms with E-state index in [9.17, 15) is 18.0 Å². The van der Waals surface area contributed by atoms with E-state index >= 15 is 0 Å². The van der Waals surface area contributed by atoms with Gasteiger partial charge in [0.05, 0.1) is 12.0 Å². The standard InChI is InChI=1S/C18H20N2O6S/c1-25-15-7-2-13(3-8-15)4-11-18(22)26-12-17(21)20-14-5-9-16(10-6-14)27(19,23)24/h2-3,5-10H,4,11-12H2,1H3,(H,20,21)(H2,19,23,24). The predicted octanol–water partition coefficient (Wildman–Crippen LogP) is 1.46.